The molecule has 2 amide bonds. The normalized spacial score (nSPS) is 10.3. The molecular weight excluding hydrogens is 396 g/mol. The van der Waals surface area contributed by atoms with Gasteiger partial charge in [0.15, 0.2) is 5.76 Å². The lowest BCUT2D eigenvalue weighted by molar-refractivity contribution is -0.115. The first-order chi connectivity index (χ1) is 14.0. The van der Waals surface area contributed by atoms with E-state index in [4.69, 9.17) is 25.5 Å². The van der Waals surface area contributed by atoms with Gasteiger partial charge >= 0.3 is 0 Å². The highest BCUT2D eigenvalue weighted by Gasteiger charge is 2.14. The molecule has 29 heavy (non-hydrogen) atoms. The number of hydrogen-bond acceptors (Lipinski definition) is 5. The molecule has 0 atom stereocenters. The van der Waals surface area contributed by atoms with E-state index >= 15 is 0 Å². The summed E-state index contributed by atoms with van der Waals surface area (Å²) in [4.78, 5) is 24.2. The third-order valence-electron chi connectivity index (χ3n) is 3.87. The van der Waals surface area contributed by atoms with Crippen molar-refractivity contribution in [3.05, 3.63) is 77.2 Å². The molecule has 1 heterocycles. The molecule has 0 radical (unpaired) electrons. The standard InChI is InChI=1S/C21H19ClN2O5/c1-27-18-5-3-2-4-17(18)24-20(25)12-23-21(26)19-11-10-16(29-19)13-28-15-8-6-14(22)7-9-15/h2-11H,12-13H2,1H3,(H,23,26)(H,24,25). The molecule has 2 N–H and O–H groups in total. The molecule has 0 unspecified atom stereocenters. The van der Waals surface area contributed by atoms with E-state index in [0.717, 1.165) is 0 Å². The van der Waals surface area contributed by atoms with Crippen LogP contribution in [0.15, 0.2) is 65.1 Å². The van der Waals surface area contributed by atoms with Gasteiger partial charge in [-0.15, -0.1) is 0 Å². The third-order valence-corrected chi connectivity index (χ3v) is 4.12. The van der Waals surface area contributed by atoms with E-state index in [1.54, 1.807) is 54.6 Å². The first-order valence-electron chi connectivity index (χ1n) is 8.73. The van der Waals surface area contributed by atoms with Crippen molar-refractivity contribution in [2.24, 2.45) is 0 Å². The van der Waals surface area contributed by atoms with Crippen LogP contribution in [0, 0.1) is 0 Å². The smallest absolute Gasteiger partial charge is 0.287 e. The second kappa shape index (κ2) is 9.66. The van der Waals surface area contributed by atoms with Crippen LogP contribution in [-0.4, -0.2) is 25.5 Å². The molecule has 0 aliphatic carbocycles. The van der Waals surface area contributed by atoms with Crippen LogP contribution in [0.4, 0.5) is 5.69 Å². The highest BCUT2D eigenvalue weighted by Crippen LogP contribution is 2.22. The highest BCUT2D eigenvalue weighted by molar-refractivity contribution is 6.30. The third kappa shape index (κ3) is 5.76. The SMILES string of the molecule is COc1ccccc1NC(=O)CNC(=O)c1ccc(COc2ccc(Cl)cc2)o1. The molecule has 0 fully saturated rings. The first-order valence-corrected chi connectivity index (χ1v) is 9.11. The number of benzene rings is 2. The average Bonchev–Trinajstić information content (AvgIpc) is 3.21. The van der Waals surface area contributed by atoms with Crippen molar-refractivity contribution >= 4 is 29.1 Å². The Kier molecular flexibility index (Phi) is 6.76. The number of methoxy groups -OCH3 is 1. The number of amides is 2. The van der Waals surface area contributed by atoms with E-state index in [-0.39, 0.29) is 24.8 Å². The number of rotatable bonds is 8. The Morgan fingerprint density at radius 1 is 1.03 bits per heavy atom. The summed E-state index contributed by atoms with van der Waals surface area (Å²) in [6, 6.07) is 17.1. The molecule has 3 aromatic rings. The Labute approximate surface area is 172 Å². The fourth-order valence-corrected chi connectivity index (χ4v) is 2.58. The Balaban J connectivity index is 1.48. The van der Waals surface area contributed by atoms with Crippen LogP contribution in [0.5, 0.6) is 11.5 Å². The minimum absolute atomic E-state index is 0.0878. The van der Waals surface area contributed by atoms with Crippen molar-refractivity contribution in [2.75, 3.05) is 19.0 Å². The van der Waals surface area contributed by atoms with Crippen LogP contribution in [0.3, 0.4) is 0 Å². The number of hydrogen-bond donors (Lipinski definition) is 2. The number of anilines is 1. The van der Waals surface area contributed by atoms with Crippen molar-refractivity contribution in [2.45, 2.75) is 6.61 Å². The molecule has 0 aliphatic rings. The minimum atomic E-state index is -0.502. The number of nitrogens with one attached hydrogen (secondary N) is 2. The van der Waals surface area contributed by atoms with Gasteiger partial charge in [0, 0.05) is 5.02 Å². The first kappa shape index (κ1) is 20.3. The van der Waals surface area contributed by atoms with Gasteiger partial charge in [0.1, 0.15) is 23.9 Å². The van der Waals surface area contributed by atoms with Gasteiger partial charge in [-0.3, -0.25) is 9.59 Å². The summed E-state index contributed by atoms with van der Waals surface area (Å²) >= 11 is 5.83. The topological polar surface area (TPSA) is 89.8 Å². The maximum atomic E-state index is 12.2. The largest absolute Gasteiger partial charge is 0.495 e. The van der Waals surface area contributed by atoms with Crippen LogP contribution >= 0.6 is 11.6 Å². The molecule has 7 nitrogen and oxygen atoms in total. The summed E-state index contributed by atoms with van der Waals surface area (Å²) in [5, 5.41) is 5.80. The fraction of sp³-hybridized carbons (Fsp3) is 0.143. The quantitative estimate of drug-likeness (QED) is 0.583. The Morgan fingerprint density at radius 3 is 2.55 bits per heavy atom. The number of halogens is 1. The molecule has 0 bridgehead atoms. The summed E-state index contributed by atoms with van der Waals surface area (Å²) < 4.78 is 16.2. The van der Waals surface area contributed by atoms with Crippen molar-refractivity contribution in [3.63, 3.8) is 0 Å². The maximum absolute atomic E-state index is 12.2. The predicted molar refractivity (Wildman–Crippen MR) is 108 cm³/mol. The van der Waals surface area contributed by atoms with Crippen molar-refractivity contribution in [3.8, 4) is 11.5 Å². The van der Waals surface area contributed by atoms with E-state index in [1.165, 1.54) is 13.2 Å². The van der Waals surface area contributed by atoms with Gasteiger partial charge in [-0.2, -0.15) is 0 Å². The number of ether oxygens (including phenoxy) is 2. The second-order valence-electron chi connectivity index (χ2n) is 5.94. The number of carbonyl (C=O) groups excluding carboxylic acids is 2. The lowest BCUT2D eigenvalue weighted by atomic mass is 10.3. The molecule has 0 aliphatic heterocycles. The molecule has 2 aromatic carbocycles. The predicted octanol–water partition coefficient (Wildman–Crippen LogP) is 3.89. The second-order valence-corrected chi connectivity index (χ2v) is 6.38. The van der Waals surface area contributed by atoms with Gasteiger partial charge in [-0.05, 0) is 48.5 Å². The lowest BCUT2D eigenvalue weighted by Crippen LogP contribution is -2.32. The molecule has 0 saturated heterocycles. The molecular formula is C21H19ClN2O5. The molecule has 0 saturated carbocycles. The van der Waals surface area contributed by atoms with Crippen LogP contribution in [-0.2, 0) is 11.4 Å². The fourth-order valence-electron chi connectivity index (χ4n) is 2.45. The molecule has 150 valence electrons. The van der Waals surface area contributed by atoms with Crippen LogP contribution in [0.2, 0.25) is 5.02 Å². The summed E-state index contributed by atoms with van der Waals surface area (Å²) in [6.45, 7) is -0.0581. The summed E-state index contributed by atoms with van der Waals surface area (Å²) in [6.07, 6.45) is 0. The Hall–Kier alpha value is -3.45. The van der Waals surface area contributed by atoms with Crippen molar-refractivity contribution in [1.29, 1.82) is 0 Å². The van der Waals surface area contributed by atoms with Crippen LogP contribution in [0.1, 0.15) is 16.3 Å². The van der Waals surface area contributed by atoms with Gasteiger partial charge in [0.25, 0.3) is 5.91 Å². The number of para-hydroxylation sites is 2. The van der Waals surface area contributed by atoms with Gasteiger partial charge < -0.3 is 24.5 Å². The van der Waals surface area contributed by atoms with E-state index in [1.807, 2.05) is 0 Å². The molecule has 3 rings (SSSR count). The average molecular weight is 415 g/mol. The lowest BCUT2D eigenvalue weighted by Gasteiger charge is -2.10. The molecule has 0 spiro atoms. The van der Waals surface area contributed by atoms with Crippen LogP contribution < -0.4 is 20.1 Å². The van der Waals surface area contributed by atoms with E-state index in [2.05, 4.69) is 10.6 Å². The Bertz CT molecular complexity index is 985. The van der Waals surface area contributed by atoms with Gasteiger partial charge in [-0.1, -0.05) is 23.7 Å². The van der Waals surface area contributed by atoms with Gasteiger partial charge in [-0.25, -0.2) is 0 Å². The number of furan rings is 1. The zero-order valence-electron chi connectivity index (χ0n) is 15.6. The van der Waals surface area contributed by atoms with E-state index in [9.17, 15) is 9.59 Å². The van der Waals surface area contributed by atoms with Gasteiger partial charge in [0.05, 0.1) is 19.3 Å². The zero-order valence-corrected chi connectivity index (χ0v) is 16.4. The number of carbonyl (C=O) groups is 2. The molecule has 8 heteroatoms. The van der Waals surface area contributed by atoms with Crippen molar-refractivity contribution in [1.82, 2.24) is 5.32 Å². The van der Waals surface area contributed by atoms with Gasteiger partial charge in [0.2, 0.25) is 5.91 Å². The summed E-state index contributed by atoms with van der Waals surface area (Å²) in [5.41, 5.74) is 0.522. The molecule has 1 aromatic heterocycles. The minimum Gasteiger partial charge on any atom is -0.495 e. The van der Waals surface area contributed by atoms with E-state index < -0.39 is 5.91 Å². The Morgan fingerprint density at radius 2 is 1.79 bits per heavy atom. The summed E-state index contributed by atoms with van der Waals surface area (Å²) in [5.74, 6) is 0.834. The van der Waals surface area contributed by atoms with Crippen LogP contribution in [0.25, 0.3) is 0 Å². The zero-order chi connectivity index (χ0) is 20.6. The highest BCUT2D eigenvalue weighted by atomic mass is 35.5. The maximum Gasteiger partial charge on any atom is 0.287 e. The monoisotopic (exact) mass is 414 g/mol. The van der Waals surface area contributed by atoms with Crippen molar-refractivity contribution < 1.29 is 23.5 Å². The van der Waals surface area contributed by atoms with E-state index in [0.29, 0.717) is 28.0 Å². The summed E-state index contributed by atoms with van der Waals surface area (Å²) in [7, 11) is 1.51.